The Morgan fingerprint density at radius 3 is 2.36 bits per heavy atom. The Balaban J connectivity index is 1.82. The highest BCUT2D eigenvalue weighted by molar-refractivity contribution is 8.02. The lowest BCUT2D eigenvalue weighted by atomic mass is 9.65. The molecular weight excluding hydrogens is 586 g/mol. The molecule has 0 saturated carbocycles. The van der Waals surface area contributed by atoms with Gasteiger partial charge in [-0.2, -0.15) is 0 Å². The maximum Gasteiger partial charge on any atom is 0.247 e. The van der Waals surface area contributed by atoms with Crippen molar-refractivity contribution in [2.75, 3.05) is 31.2 Å². The van der Waals surface area contributed by atoms with E-state index in [4.69, 9.17) is 4.74 Å². The van der Waals surface area contributed by atoms with Crippen molar-refractivity contribution in [1.82, 2.24) is 9.80 Å². The zero-order valence-corrected chi connectivity index (χ0v) is 28.8. The van der Waals surface area contributed by atoms with E-state index >= 15 is 0 Å². The average molecular weight is 640 g/mol. The molecule has 3 aliphatic heterocycles. The molecule has 3 heterocycles. The molecule has 3 amide bonds. The summed E-state index contributed by atoms with van der Waals surface area (Å²) in [4.78, 5) is 49.7. The molecule has 3 aliphatic rings. The number of fused-ring (bicyclic) bond motifs is 1. The first-order valence-corrected chi connectivity index (χ1v) is 17.6. The van der Waals surface area contributed by atoms with E-state index in [1.165, 1.54) is 0 Å². The molecule has 45 heavy (non-hydrogen) atoms. The predicted molar refractivity (Wildman–Crippen MR) is 182 cm³/mol. The number of anilines is 1. The van der Waals surface area contributed by atoms with Gasteiger partial charge in [-0.15, -0.1) is 24.9 Å². The molecule has 1 spiro atoms. The van der Waals surface area contributed by atoms with E-state index in [0.29, 0.717) is 31.8 Å². The monoisotopic (exact) mass is 639 g/mol. The standard InChI is InChI=1S/C36H53N3O5S/c1-9-13-25(8)37(18-10-2)35(43)32-36-24(7)21-29(45-36)30(31(36)34(42)39(32)27(22-40)20-23(5)6)33(41)38(19-11-3)26-14-16-28(17-15-26)44-12-4/h10-11,14-17,23-25,27,29-32,40H,2-3,9,12-13,18-22H2,1,4-8H3/t24?,25?,27-,29-,30+,31+,32?,36?/m1/s1. The second-order valence-electron chi connectivity index (χ2n) is 13.3. The number of nitrogens with zero attached hydrogens (tertiary/aromatic N) is 3. The number of rotatable bonds is 16. The summed E-state index contributed by atoms with van der Waals surface area (Å²) < 4.78 is 4.85. The van der Waals surface area contributed by atoms with Gasteiger partial charge in [0, 0.05) is 30.1 Å². The second-order valence-corrected chi connectivity index (χ2v) is 14.9. The Bertz CT molecular complexity index is 1240. The maximum absolute atomic E-state index is 14.9. The normalized spacial score (nSPS) is 28.1. The van der Waals surface area contributed by atoms with Crippen LogP contribution in [-0.2, 0) is 14.4 Å². The molecule has 8 nitrogen and oxygen atoms in total. The van der Waals surface area contributed by atoms with Crippen LogP contribution in [-0.4, -0.2) is 87.1 Å². The number of aliphatic hydroxyl groups excluding tert-OH is 1. The highest BCUT2D eigenvalue weighted by atomic mass is 32.2. The van der Waals surface area contributed by atoms with Gasteiger partial charge >= 0.3 is 0 Å². The number of amides is 3. The van der Waals surface area contributed by atoms with Crippen molar-refractivity contribution in [3.63, 3.8) is 0 Å². The summed E-state index contributed by atoms with van der Waals surface area (Å²) in [5.41, 5.74) is 0.715. The highest BCUT2D eigenvalue weighted by Gasteiger charge is 2.77. The van der Waals surface area contributed by atoms with Gasteiger partial charge in [-0.3, -0.25) is 14.4 Å². The zero-order valence-electron chi connectivity index (χ0n) is 28.0. The van der Waals surface area contributed by atoms with Crippen LogP contribution >= 0.6 is 11.8 Å². The van der Waals surface area contributed by atoms with Crippen molar-refractivity contribution >= 4 is 35.2 Å². The number of carbonyl (C=O) groups is 3. The first-order chi connectivity index (χ1) is 21.5. The van der Waals surface area contributed by atoms with Crippen molar-refractivity contribution in [2.24, 2.45) is 23.7 Å². The summed E-state index contributed by atoms with van der Waals surface area (Å²) >= 11 is 1.67. The number of ether oxygens (including phenoxy) is 1. The number of benzene rings is 1. The van der Waals surface area contributed by atoms with E-state index < -0.39 is 28.7 Å². The van der Waals surface area contributed by atoms with Crippen molar-refractivity contribution in [2.45, 2.75) is 95.3 Å². The van der Waals surface area contributed by atoms with Crippen molar-refractivity contribution in [3.05, 3.63) is 49.6 Å². The van der Waals surface area contributed by atoms with Gasteiger partial charge in [0.1, 0.15) is 11.8 Å². The van der Waals surface area contributed by atoms with Crippen LogP contribution in [0.5, 0.6) is 5.75 Å². The average Bonchev–Trinajstić information content (AvgIpc) is 3.61. The summed E-state index contributed by atoms with van der Waals surface area (Å²) in [7, 11) is 0. The lowest BCUT2D eigenvalue weighted by Crippen LogP contribution is -2.60. The number of likely N-dealkylation sites (tertiary alicyclic amines) is 1. The summed E-state index contributed by atoms with van der Waals surface area (Å²) in [6.45, 7) is 21.2. The van der Waals surface area contributed by atoms with Gasteiger partial charge in [-0.25, -0.2) is 0 Å². The molecule has 4 rings (SSSR count). The molecule has 1 aromatic rings. The molecule has 248 valence electrons. The minimum absolute atomic E-state index is 0.0354. The minimum atomic E-state index is -0.772. The van der Waals surface area contributed by atoms with Crippen molar-refractivity contribution < 1.29 is 24.2 Å². The Hall–Kier alpha value is -2.78. The van der Waals surface area contributed by atoms with Gasteiger partial charge in [-0.1, -0.05) is 46.3 Å². The summed E-state index contributed by atoms with van der Waals surface area (Å²) in [5.74, 6) is -0.701. The van der Waals surface area contributed by atoms with Crippen LogP contribution in [0.15, 0.2) is 49.6 Å². The van der Waals surface area contributed by atoms with E-state index in [9.17, 15) is 19.5 Å². The van der Waals surface area contributed by atoms with Gasteiger partial charge in [0.2, 0.25) is 17.7 Å². The number of hydrogen-bond donors (Lipinski definition) is 1. The number of aliphatic hydroxyl groups is 1. The molecule has 3 fully saturated rings. The number of thioether (sulfide) groups is 1. The molecule has 1 N–H and O–H groups in total. The summed E-state index contributed by atoms with van der Waals surface area (Å²) in [6.07, 6.45) is 6.51. The Kier molecular flexibility index (Phi) is 11.5. The van der Waals surface area contributed by atoms with Gasteiger partial charge in [0.15, 0.2) is 0 Å². The third-order valence-corrected chi connectivity index (χ3v) is 12.0. The third-order valence-electron chi connectivity index (χ3n) is 9.93. The smallest absolute Gasteiger partial charge is 0.247 e. The molecule has 0 aliphatic carbocycles. The summed E-state index contributed by atoms with van der Waals surface area (Å²) in [6, 6.07) is 6.11. The lowest BCUT2D eigenvalue weighted by Gasteiger charge is -2.43. The Labute approximate surface area is 274 Å². The fraction of sp³-hybridized carbons (Fsp3) is 0.639. The molecule has 9 heteroatoms. The first kappa shape index (κ1) is 35.1. The number of carbonyl (C=O) groups excluding carboxylic acids is 3. The third kappa shape index (κ3) is 6.31. The van der Waals surface area contributed by atoms with E-state index in [2.05, 4.69) is 47.8 Å². The highest BCUT2D eigenvalue weighted by Crippen LogP contribution is 2.69. The lowest BCUT2D eigenvalue weighted by molar-refractivity contribution is -0.147. The molecule has 3 saturated heterocycles. The molecule has 1 aromatic carbocycles. The molecule has 0 radical (unpaired) electrons. The molecular formula is C36H53N3O5S. The van der Waals surface area contributed by atoms with Crippen LogP contribution in [0.25, 0.3) is 0 Å². The van der Waals surface area contributed by atoms with Gasteiger partial charge in [-0.05, 0) is 69.2 Å². The van der Waals surface area contributed by atoms with Gasteiger partial charge < -0.3 is 24.5 Å². The van der Waals surface area contributed by atoms with Gasteiger partial charge in [0.05, 0.1) is 35.8 Å². The van der Waals surface area contributed by atoms with E-state index in [1.54, 1.807) is 33.7 Å². The Morgan fingerprint density at radius 1 is 1.13 bits per heavy atom. The topological polar surface area (TPSA) is 90.4 Å². The molecule has 8 atom stereocenters. The van der Waals surface area contributed by atoms with Gasteiger partial charge in [0.25, 0.3) is 0 Å². The SMILES string of the molecule is C=CCN(C(=O)[C@@H]1[C@H]2C(=O)N([C@@H](CO)CC(C)C)C(C(=O)N(CC=C)C(C)CCC)C23S[C@@H]1CC3C)c1ccc(OCC)cc1. The maximum atomic E-state index is 14.9. The van der Waals surface area contributed by atoms with E-state index in [1.807, 2.05) is 36.1 Å². The van der Waals surface area contributed by atoms with Crippen LogP contribution in [0.2, 0.25) is 0 Å². The molecule has 4 unspecified atom stereocenters. The summed E-state index contributed by atoms with van der Waals surface area (Å²) in [5, 5.41) is 10.6. The van der Waals surface area contributed by atoms with E-state index in [0.717, 1.165) is 25.0 Å². The zero-order chi connectivity index (χ0) is 33.1. The number of hydrogen-bond acceptors (Lipinski definition) is 6. The quantitative estimate of drug-likeness (QED) is 0.239. The van der Waals surface area contributed by atoms with Crippen LogP contribution in [0.4, 0.5) is 5.69 Å². The first-order valence-electron chi connectivity index (χ1n) is 16.7. The van der Waals surface area contributed by atoms with Crippen molar-refractivity contribution in [1.29, 1.82) is 0 Å². The fourth-order valence-electron chi connectivity index (χ4n) is 8.11. The van der Waals surface area contributed by atoms with Crippen LogP contribution in [0.1, 0.15) is 67.2 Å². The van der Waals surface area contributed by atoms with Crippen LogP contribution < -0.4 is 9.64 Å². The van der Waals surface area contributed by atoms with E-state index in [-0.39, 0.29) is 47.5 Å². The Morgan fingerprint density at radius 2 is 1.80 bits per heavy atom. The fourth-order valence-corrected chi connectivity index (χ4v) is 10.5. The minimum Gasteiger partial charge on any atom is -0.494 e. The van der Waals surface area contributed by atoms with Crippen LogP contribution in [0, 0.1) is 23.7 Å². The molecule has 0 aromatic heterocycles. The molecule has 2 bridgehead atoms. The largest absolute Gasteiger partial charge is 0.494 e. The van der Waals surface area contributed by atoms with Crippen molar-refractivity contribution in [3.8, 4) is 5.75 Å². The van der Waals surface area contributed by atoms with Crippen LogP contribution in [0.3, 0.4) is 0 Å². The second kappa shape index (κ2) is 14.8. The predicted octanol–water partition coefficient (Wildman–Crippen LogP) is 5.55.